The number of hydrogen-bond acceptors (Lipinski definition) is 3. The molecule has 0 radical (unpaired) electrons. The fourth-order valence-electron chi connectivity index (χ4n) is 2.61. The van der Waals surface area contributed by atoms with Gasteiger partial charge in [-0.05, 0) is 49.9 Å². The van der Waals surface area contributed by atoms with Crippen LogP contribution in [0.1, 0.15) is 26.2 Å². The Morgan fingerprint density at radius 2 is 2.19 bits per heavy atom. The first-order valence-corrected chi connectivity index (χ1v) is 9.26. The van der Waals surface area contributed by atoms with Crippen LogP contribution in [-0.4, -0.2) is 35.7 Å². The molecule has 1 saturated heterocycles. The summed E-state index contributed by atoms with van der Waals surface area (Å²) in [6.45, 7) is 3.77. The number of nitrogens with two attached hydrogens (primary N) is 1. The molecular weight excluding hydrogens is 348 g/mol. The third-order valence-electron chi connectivity index (χ3n) is 3.95. The van der Waals surface area contributed by atoms with E-state index < -0.39 is 0 Å². The Kier molecular flexibility index (Phi) is 6.58. The fraction of sp³-hybridized carbons (Fsp3) is 0.562. The number of benzene rings is 1. The van der Waals surface area contributed by atoms with E-state index in [1.165, 1.54) is 4.90 Å². The highest BCUT2D eigenvalue weighted by Gasteiger charge is 2.25. The number of piperidine rings is 1. The number of halogens is 1. The van der Waals surface area contributed by atoms with Crippen LogP contribution in [0.25, 0.3) is 0 Å². The van der Waals surface area contributed by atoms with Crippen LogP contribution in [0.2, 0.25) is 0 Å². The van der Waals surface area contributed by atoms with E-state index in [-0.39, 0.29) is 11.9 Å². The SMILES string of the molecule is CC(N)C1CCCN(C(=O)CCSc2ccc(Br)cc2)C1. The van der Waals surface area contributed by atoms with Crippen LogP contribution >= 0.6 is 27.7 Å². The highest BCUT2D eigenvalue weighted by molar-refractivity contribution is 9.10. The molecule has 116 valence electrons. The molecule has 2 unspecified atom stereocenters. The molecule has 0 aromatic heterocycles. The molecule has 21 heavy (non-hydrogen) atoms. The van der Waals surface area contributed by atoms with Crippen molar-refractivity contribution in [3.8, 4) is 0 Å². The van der Waals surface area contributed by atoms with Crippen LogP contribution < -0.4 is 5.73 Å². The van der Waals surface area contributed by atoms with E-state index >= 15 is 0 Å². The summed E-state index contributed by atoms with van der Waals surface area (Å²) in [4.78, 5) is 15.5. The molecule has 2 rings (SSSR count). The molecular formula is C16H23BrN2OS. The number of likely N-dealkylation sites (tertiary alicyclic amines) is 1. The lowest BCUT2D eigenvalue weighted by Gasteiger charge is -2.34. The maximum Gasteiger partial charge on any atom is 0.223 e. The molecule has 1 aliphatic rings. The van der Waals surface area contributed by atoms with Gasteiger partial charge in [-0.1, -0.05) is 15.9 Å². The zero-order valence-corrected chi connectivity index (χ0v) is 14.8. The van der Waals surface area contributed by atoms with Gasteiger partial charge in [0.15, 0.2) is 0 Å². The van der Waals surface area contributed by atoms with Gasteiger partial charge in [0.2, 0.25) is 5.91 Å². The van der Waals surface area contributed by atoms with Gasteiger partial charge in [0.05, 0.1) is 0 Å². The van der Waals surface area contributed by atoms with Crippen molar-refractivity contribution in [2.75, 3.05) is 18.8 Å². The van der Waals surface area contributed by atoms with E-state index in [2.05, 4.69) is 28.1 Å². The summed E-state index contributed by atoms with van der Waals surface area (Å²) in [6, 6.07) is 8.39. The van der Waals surface area contributed by atoms with E-state index in [0.717, 1.165) is 36.2 Å². The number of nitrogens with zero attached hydrogens (tertiary/aromatic N) is 1. The lowest BCUT2D eigenvalue weighted by Crippen LogP contribution is -2.45. The number of carbonyl (C=O) groups is 1. The van der Waals surface area contributed by atoms with E-state index in [1.807, 2.05) is 24.0 Å². The van der Waals surface area contributed by atoms with Crippen molar-refractivity contribution in [3.63, 3.8) is 0 Å². The molecule has 0 bridgehead atoms. The maximum absolute atomic E-state index is 12.3. The molecule has 1 amide bonds. The number of thioether (sulfide) groups is 1. The Morgan fingerprint density at radius 3 is 2.86 bits per heavy atom. The first-order valence-electron chi connectivity index (χ1n) is 7.48. The Balaban J connectivity index is 1.75. The first kappa shape index (κ1) is 16.8. The number of carbonyl (C=O) groups excluding carboxylic acids is 1. The molecule has 1 aliphatic heterocycles. The van der Waals surface area contributed by atoms with Crippen molar-refractivity contribution in [2.45, 2.75) is 37.1 Å². The maximum atomic E-state index is 12.3. The van der Waals surface area contributed by atoms with Crippen molar-refractivity contribution in [2.24, 2.45) is 11.7 Å². The molecule has 5 heteroatoms. The molecule has 3 nitrogen and oxygen atoms in total. The van der Waals surface area contributed by atoms with Crippen LogP contribution in [0.4, 0.5) is 0 Å². The van der Waals surface area contributed by atoms with Crippen LogP contribution in [0.15, 0.2) is 33.6 Å². The van der Waals surface area contributed by atoms with Gasteiger partial charge in [-0.25, -0.2) is 0 Å². The van der Waals surface area contributed by atoms with Crippen molar-refractivity contribution in [1.82, 2.24) is 4.90 Å². The summed E-state index contributed by atoms with van der Waals surface area (Å²) in [5, 5.41) is 0. The minimum Gasteiger partial charge on any atom is -0.342 e. The average molecular weight is 371 g/mol. The van der Waals surface area contributed by atoms with Gasteiger partial charge in [0.25, 0.3) is 0 Å². The summed E-state index contributed by atoms with van der Waals surface area (Å²) in [7, 11) is 0. The Labute approximate surface area is 139 Å². The minimum atomic E-state index is 0.178. The van der Waals surface area contributed by atoms with Gasteiger partial charge in [-0.2, -0.15) is 0 Å². The molecule has 0 spiro atoms. The smallest absolute Gasteiger partial charge is 0.223 e. The second-order valence-corrected chi connectivity index (χ2v) is 7.74. The zero-order valence-electron chi connectivity index (χ0n) is 12.4. The number of hydrogen-bond donors (Lipinski definition) is 1. The van der Waals surface area contributed by atoms with Crippen molar-refractivity contribution in [3.05, 3.63) is 28.7 Å². The van der Waals surface area contributed by atoms with Crippen molar-refractivity contribution >= 4 is 33.6 Å². The average Bonchev–Trinajstić information content (AvgIpc) is 2.49. The fourth-order valence-corrected chi connectivity index (χ4v) is 3.72. The third-order valence-corrected chi connectivity index (χ3v) is 5.49. The molecule has 2 atom stereocenters. The van der Waals surface area contributed by atoms with E-state index in [9.17, 15) is 4.79 Å². The quantitative estimate of drug-likeness (QED) is 0.806. The summed E-state index contributed by atoms with van der Waals surface area (Å²) < 4.78 is 1.08. The van der Waals surface area contributed by atoms with Crippen LogP contribution in [-0.2, 0) is 4.79 Å². The molecule has 1 aromatic carbocycles. The lowest BCUT2D eigenvalue weighted by molar-refractivity contribution is -0.132. The predicted octanol–water partition coefficient (Wildman–Crippen LogP) is 3.52. The van der Waals surface area contributed by atoms with Gasteiger partial charge >= 0.3 is 0 Å². The van der Waals surface area contributed by atoms with Crippen molar-refractivity contribution in [1.29, 1.82) is 0 Å². The minimum absolute atomic E-state index is 0.178. The second-order valence-electron chi connectivity index (χ2n) is 5.65. The molecule has 1 fully saturated rings. The Morgan fingerprint density at radius 1 is 1.48 bits per heavy atom. The van der Waals surface area contributed by atoms with Crippen LogP contribution in [0.5, 0.6) is 0 Å². The summed E-state index contributed by atoms with van der Waals surface area (Å²) >= 11 is 5.16. The highest BCUT2D eigenvalue weighted by Crippen LogP contribution is 2.23. The summed E-state index contributed by atoms with van der Waals surface area (Å²) in [5.74, 6) is 1.56. The Hall–Kier alpha value is -0.520. The van der Waals surface area contributed by atoms with Gasteiger partial charge < -0.3 is 10.6 Å². The largest absolute Gasteiger partial charge is 0.342 e. The summed E-state index contributed by atoms with van der Waals surface area (Å²) in [6.07, 6.45) is 2.83. The molecule has 0 saturated carbocycles. The van der Waals surface area contributed by atoms with Gasteiger partial charge in [0.1, 0.15) is 0 Å². The zero-order chi connectivity index (χ0) is 15.2. The molecule has 1 aromatic rings. The van der Waals surface area contributed by atoms with E-state index in [0.29, 0.717) is 12.3 Å². The van der Waals surface area contributed by atoms with Crippen molar-refractivity contribution < 1.29 is 4.79 Å². The highest BCUT2D eigenvalue weighted by atomic mass is 79.9. The van der Waals surface area contributed by atoms with E-state index in [4.69, 9.17) is 5.73 Å². The Bertz CT molecular complexity index is 464. The van der Waals surface area contributed by atoms with Crippen LogP contribution in [0.3, 0.4) is 0 Å². The van der Waals surface area contributed by atoms with Gasteiger partial charge in [-0.15, -0.1) is 11.8 Å². The van der Waals surface area contributed by atoms with Crippen LogP contribution in [0, 0.1) is 5.92 Å². The standard InChI is InChI=1S/C16H23BrN2OS/c1-12(18)13-3-2-9-19(11-13)16(20)8-10-21-15-6-4-14(17)5-7-15/h4-7,12-13H,2-3,8-11,18H2,1H3. The van der Waals surface area contributed by atoms with Gasteiger partial charge in [-0.3, -0.25) is 4.79 Å². The molecule has 1 heterocycles. The molecule has 2 N–H and O–H groups in total. The normalized spacial score (nSPS) is 20.3. The third kappa shape index (κ3) is 5.31. The monoisotopic (exact) mass is 370 g/mol. The summed E-state index contributed by atoms with van der Waals surface area (Å²) in [5.41, 5.74) is 5.97. The second kappa shape index (κ2) is 8.20. The lowest BCUT2D eigenvalue weighted by atomic mass is 9.92. The van der Waals surface area contributed by atoms with Gasteiger partial charge in [0, 0.05) is 40.7 Å². The first-order chi connectivity index (χ1) is 10.1. The number of rotatable bonds is 5. The van der Waals surface area contributed by atoms with E-state index in [1.54, 1.807) is 11.8 Å². The predicted molar refractivity (Wildman–Crippen MR) is 92.4 cm³/mol. The molecule has 0 aliphatic carbocycles. The topological polar surface area (TPSA) is 46.3 Å². The number of amides is 1.